The average Bonchev–Trinajstić information content (AvgIpc) is 2.08. The largest absolute Gasteiger partial charge is 0.507 e. The minimum atomic E-state index is -1.23. The van der Waals surface area contributed by atoms with Gasteiger partial charge in [-0.2, -0.15) is 0 Å². The predicted molar refractivity (Wildman–Crippen MR) is 48.7 cm³/mol. The van der Waals surface area contributed by atoms with Crippen LogP contribution in [0.5, 0.6) is 5.75 Å². The average molecular weight is 234 g/mol. The summed E-state index contributed by atoms with van der Waals surface area (Å²) in [6.45, 7) is -0.0813. The van der Waals surface area contributed by atoms with Gasteiger partial charge in [0.15, 0.2) is 0 Å². The molecule has 2 nitrogen and oxygen atoms in total. The van der Waals surface area contributed by atoms with Crippen LogP contribution in [0, 0.1) is 0 Å². The number of aromatic hydroxyl groups is 1. The first-order valence-electron chi connectivity index (χ1n) is 3.48. The van der Waals surface area contributed by atoms with Gasteiger partial charge in [-0.25, -0.2) is 4.39 Å². The van der Waals surface area contributed by atoms with Crippen molar-refractivity contribution in [2.45, 2.75) is 6.17 Å². The van der Waals surface area contributed by atoms with Crippen LogP contribution in [0.1, 0.15) is 11.7 Å². The third-order valence-corrected chi connectivity index (χ3v) is 2.42. The van der Waals surface area contributed by atoms with Crippen molar-refractivity contribution in [1.82, 2.24) is 0 Å². The molecule has 0 radical (unpaired) electrons. The molecule has 0 saturated heterocycles. The van der Waals surface area contributed by atoms with Crippen LogP contribution in [0.25, 0.3) is 0 Å². The van der Waals surface area contributed by atoms with Gasteiger partial charge < -0.3 is 10.8 Å². The summed E-state index contributed by atoms with van der Waals surface area (Å²) in [6, 6.07) is 4.65. The first kappa shape index (κ1) is 9.48. The Bertz CT molecular complexity index is 280. The first-order chi connectivity index (χ1) is 5.66. The Labute approximate surface area is 78.3 Å². The second-order valence-electron chi connectivity index (χ2n) is 2.38. The fourth-order valence-corrected chi connectivity index (χ4v) is 1.42. The molecule has 0 heterocycles. The van der Waals surface area contributed by atoms with Crippen LogP contribution in [0.15, 0.2) is 22.7 Å². The highest BCUT2D eigenvalue weighted by Crippen LogP contribution is 2.32. The molecule has 1 atom stereocenters. The molecular formula is C8H9BrFNO. The lowest BCUT2D eigenvalue weighted by Gasteiger charge is -2.08. The van der Waals surface area contributed by atoms with E-state index in [1.54, 1.807) is 12.1 Å². The van der Waals surface area contributed by atoms with Crippen LogP contribution in [0.3, 0.4) is 0 Å². The highest BCUT2D eigenvalue weighted by Gasteiger charge is 2.12. The van der Waals surface area contributed by atoms with Crippen LogP contribution in [0.2, 0.25) is 0 Å². The van der Waals surface area contributed by atoms with Crippen molar-refractivity contribution in [3.8, 4) is 5.75 Å². The molecule has 0 bridgehead atoms. The molecule has 1 aromatic carbocycles. The monoisotopic (exact) mass is 233 g/mol. The Morgan fingerprint density at radius 1 is 1.58 bits per heavy atom. The zero-order chi connectivity index (χ0) is 9.14. The molecule has 0 saturated carbocycles. The van der Waals surface area contributed by atoms with E-state index >= 15 is 0 Å². The molecule has 0 fully saturated rings. The summed E-state index contributed by atoms with van der Waals surface area (Å²) in [5.74, 6) is 0.0311. The molecular weight excluding hydrogens is 225 g/mol. The summed E-state index contributed by atoms with van der Waals surface area (Å²) in [4.78, 5) is 0. The van der Waals surface area contributed by atoms with Crippen molar-refractivity contribution in [3.05, 3.63) is 28.2 Å². The zero-order valence-corrected chi connectivity index (χ0v) is 7.88. The Hall–Kier alpha value is -0.610. The number of alkyl halides is 1. The normalized spacial score (nSPS) is 12.9. The van der Waals surface area contributed by atoms with Crippen LogP contribution >= 0.6 is 15.9 Å². The van der Waals surface area contributed by atoms with E-state index in [0.717, 1.165) is 0 Å². The number of phenolic OH excluding ortho intramolecular Hbond substituents is 1. The molecule has 0 aromatic heterocycles. The van der Waals surface area contributed by atoms with E-state index in [-0.39, 0.29) is 12.3 Å². The van der Waals surface area contributed by atoms with Crippen LogP contribution in [-0.2, 0) is 0 Å². The van der Waals surface area contributed by atoms with Crippen LogP contribution in [-0.4, -0.2) is 11.7 Å². The molecule has 0 aliphatic rings. The highest BCUT2D eigenvalue weighted by atomic mass is 79.9. The third-order valence-electron chi connectivity index (χ3n) is 1.55. The standard InChI is InChI=1S/C8H9BrFNO/c9-8-5(6(10)4-11)2-1-3-7(8)12/h1-3,6,12H,4,11H2. The summed E-state index contributed by atoms with van der Waals surface area (Å²) in [5, 5.41) is 9.19. The number of rotatable bonds is 2. The predicted octanol–water partition coefficient (Wildman–Crippen LogP) is 2.12. The molecule has 66 valence electrons. The van der Waals surface area contributed by atoms with Gasteiger partial charge in [-0.15, -0.1) is 0 Å². The maximum atomic E-state index is 13.0. The van der Waals surface area contributed by atoms with E-state index < -0.39 is 6.17 Å². The Morgan fingerprint density at radius 2 is 2.25 bits per heavy atom. The van der Waals surface area contributed by atoms with Crippen molar-refractivity contribution in [1.29, 1.82) is 0 Å². The van der Waals surface area contributed by atoms with Crippen LogP contribution in [0.4, 0.5) is 4.39 Å². The van der Waals surface area contributed by atoms with E-state index in [1.165, 1.54) is 6.07 Å². The minimum Gasteiger partial charge on any atom is -0.507 e. The molecule has 1 unspecified atom stereocenters. The second-order valence-corrected chi connectivity index (χ2v) is 3.18. The maximum Gasteiger partial charge on any atom is 0.138 e. The molecule has 1 rings (SSSR count). The number of nitrogens with two attached hydrogens (primary N) is 1. The van der Waals surface area contributed by atoms with Gasteiger partial charge in [0.05, 0.1) is 4.47 Å². The van der Waals surface area contributed by atoms with Gasteiger partial charge >= 0.3 is 0 Å². The fraction of sp³-hybridized carbons (Fsp3) is 0.250. The van der Waals surface area contributed by atoms with E-state index in [9.17, 15) is 9.50 Å². The smallest absolute Gasteiger partial charge is 0.138 e. The highest BCUT2D eigenvalue weighted by molar-refractivity contribution is 9.10. The molecule has 3 N–H and O–H groups in total. The van der Waals surface area contributed by atoms with Crippen molar-refractivity contribution in [3.63, 3.8) is 0 Å². The molecule has 0 aliphatic heterocycles. The topological polar surface area (TPSA) is 46.2 Å². The second kappa shape index (κ2) is 3.87. The first-order valence-corrected chi connectivity index (χ1v) is 4.27. The third kappa shape index (κ3) is 1.76. The van der Waals surface area contributed by atoms with Gasteiger partial charge in [-0.05, 0) is 22.0 Å². The Kier molecular flexibility index (Phi) is 3.05. The van der Waals surface area contributed by atoms with Crippen molar-refractivity contribution >= 4 is 15.9 Å². The number of benzene rings is 1. The SMILES string of the molecule is NCC(F)c1cccc(O)c1Br. The van der Waals surface area contributed by atoms with Gasteiger partial charge in [-0.3, -0.25) is 0 Å². The number of hydrogen-bond acceptors (Lipinski definition) is 2. The van der Waals surface area contributed by atoms with Crippen molar-refractivity contribution < 1.29 is 9.50 Å². The molecule has 12 heavy (non-hydrogen) atoms. The number of hydrogen-bond donors (Lipinski definition) is 2. The summed E-state index contributed by atoms with van der Waals surface area (Å²) in [6.07, 6.45) is -1.23. The number of phenols is 1. The lowest BCUT2D eigenvalue weighted by molar-refractivity contribution is 0.349. The zero-order valence-electron chi connectivity index (χ0n) is 6.30. The van der Waals surface area contributed by atoms with Gasteiger partial charge in [0, 0.05) is 12.1 Å². The summed E-state index contributed by atoms with van der Waals surface area (Å²) in [5.41, 5.74) is 5.53. The van der Waals surface area contributed by atoms with Gasteiger partial charge in [0.1, 0.15) is 11.9 Å². The summed E-state index contributed by atoms with van der Waals surface area (Å²) >= 11 is 3.08. The van der Waals surface area contributed by atoms with Crippen LogP contribution < -0.4 is 5.73 Å². The molecule has 4 heteroatoms. The van der Waals surface area contributed by atoms with Crippen molar-refractivity contribution in [2.75, 3.05) is 6.54 Å². The molecule has 0 amide bonds. The van der Waals surface area contributed by atoms with Gasteiger partial charge in [0.25, 0.3) is 0 Å². The molecule has 1 aromatic rings. The molecule has 0 aliphatic carbocycles. The Balaban J connectivity index is 3.07. The minimum absolute atomic E-state index is 0.0311. The lowest BCUT2D eigenvalue weighted by Crippen LogP contribution is -2.08. The summed E-state index contributed by atoms with van der Waals surface area (Å²) in [7, 11) is 0. The van der Waals surface area contributed by atoms with E-state index in [1.807, 2.05) is 0 Å². The number of halogens is 2. The van der Waals surface area contributed by atoms with Crippen molar-refractivity contribution in [2.24, 2.45) is 5.73 Å². The van der Waals surface area contributed by atoms with E-state index in [2.05, 4.69) is 15.9 Å². The van der Waals surface area contributed by atoms with E-state index in [4.69, 9.17) is 5.73 Å². The summed E-state index contributed by atoms with van der Waals surface area (Å²) < 4.78 is 13.4. The van der Waals surface area contributed by atoms with Gasteiger partial charge in [0.2, 0.25) is 0 Å². The van der Waals surface area contributed by atoms with Gasteiger partial charge in [-0.1, -0.05) is 12.1 Å². The molecule has 0 spiro atoms. The fourth-order valence-electron chi connectivity index (χ4n) is 0.906. The van der Waals surface area contributed by atoms with E-state index in [0.29, 0.717) is 10.0 Å². The lowest BCUT2D eigenvalue weighted by atomic mass is 10.1. The Morgan fingerprint density at radius 3 is 2.83 bits per heavy atom. The maximum absolute atomic E-state index is 13.0. The quantitative estimate of drug-likeness (QED) is 0.823.